The molecule has 3 rings (SSSR count). The molecule has 7 nitrogen and oxygen atoms in total. The largest absolute Gasteiger partial charge is 0.341 e. The summed E-state index contributed by atoms with van der Waals surface area (Å²) in [6.45, 7) is 4.75. The molecule has 0 bridgehead atoms. The van der Waals surface area contributed by atoms with Gasteiger partial charge in [0.2, 0.25) is 5.91 Å². The van der Waals surface area contributed by atoms with E-state index < -0.39 is 9.84 Å². The number of amides is 1. The molecule has 1 aliphatic rings. The van der Waals surface area contributed by atoms with Crippen LogP contribution < -0.4 is 0 Å². The van der Waals surface area contributed by atoms with Gasteiger partial charge in [0.25, 0.3) is 0 Å². The summed E-state index contributed by atoms with van der Waals surface area (Å²) in [7, 11) is -1.33. The molecular weight excluding hydrogens is 384 g/mol. The fourth-order valence-electron chi connectivity index (χ4n) is 3.22. The molecule has 2 heterocycles. The molecular formula is C18H24N4O3S2. The number of hydrogen-bond acceptors (Lipinski definition) is 6. The van der Waals surface area contributed by atoms with Gasteiger partial charge in [-0.3, -0.25) is 4.79 Å². The fraction of sp³-hybridized carbons (Fsp3) is 0.500. The van der Waals surface area contributed by atoms with Crippen LogP contribution in [0.4, 0.5) is 0 Å². The molecule has 1 aromatic carbocycles. The zero-order valence-corrected chi connectivity index (χ0v) is 17.4. The van der Waals surface area contributed by atoms with Crippen molar-refractivity contribution in [2.24, 2.45) is 0 Å². The number of aryl methyl sites for hydroxylation is 1. The fourth-order valence-corrected chi connectivity index (χ4v) is 5.92. The molecule has 1 amide bonds. The molecule has 146 valence electrons. The third-order valence-corrected chi connectivity index (χ3v) is 7.60. The van der Waals surface area contributed by atoms with Crippen molar-refractivity contribution in [3.05, 3.63) is 29.8 Å². The smallest absolute Gasteiger partial charge is 0.233 e. The van der Waals surface area contributed by atoms with Gasteiger partial charge in [0, 0.05) is 25.2 Å². The zero-order valence-electron chi connectivity index (χ0n) is 15.8. The Morgan fingerprint density at radius 1 is 1.33 bits per heavy atom. The van der Waals surface area contributed by atoms with Crippen molar-refractivity contribution in [3.63, 3.8) is 0 Å². The minimum atomic E-state index is -3.01. The van der Waals surface area contributed by atoms with Gasteiger partial charge in [-0.1, -0.05) is 36.0 Å². The van der Waals surface area contributed by atoms with Crippen LogP contribution >= 0.6 is 11.8 Å². The van der Waals surface area contributed by atoms with E-state index in [2.05, 4.69) is 10.2 Å². The van der Waals surface area contributed by atoms with E-state index in [0.717, 1.165) is 17.0 Å². The van der Waals surface area contributed by atoms with Gasteiger partial charge in [0.1, 0.15) is 0 Å². The quantitative estimate of drug-likeness (QED) is 0.680. The molecule has 1 fully saturated rings. The molecule has 0 radical (unpaired) electrons. The lowest BCUT2D eigenvalue weighted by atomic mass is 10.1. The van der Waals surface area contributed by atoms with E-state index in [1.807, 2.05) is 42.7 Å². The van der Waals surface area contributed by atoms with Crippen molar-refractivity contribution in [2.75, 3.05) is 24.3 Å². The Morgan fingerprint density at radius 2 is 2.07 bits per heavy atom. The summed E-state index contributed by atoms with van der Waals surface area (Å²) in [5.41, 5.74) is 2.15. The monoisotopic (exact) mass is 408 g/mol. The molecule has 1 atom stereocenters. The van der Waals surface area contributed by atoms with Crippen molar-refractivity contribution in [1.82, 2.24) is 19.7 Å². The Balaban J connectivity index is 1.70. The van der Waals surface area contributed by atoms with Crippen LogP contribution in [0.5, 0.6) is 0 Å². The van der Waals surface area contributed by atoms with Crippen molar-refractivity contribution in [3.8, 4) is 11.4 Å². The van der Waals surface area contributed by atoms with E-state index in [-0.39, 0.29) is 29.2 Å². The topological polar surface area (TPSA) is 85.2 Å². The van der Waals surface area contributed by atoms with Gasteiger partial charge in [0.05, 0.1) is 17.3 Å². The van der Waals surface area contributed by atoms with Gasteiger partial charge >= 0.3 is 0 Å². The summed E-state index contributed by atoms with van der Waals surface area (Å²) < 4.78 is 25.3. The summed E-state index contributed by atoms with van der Waals surface area (Å²) in [4.78, 5) is 14.1. The van der Waals surface area contributed by atoms with E-state index in [4.69, 9.17) is 0 Å². The van der Waals surface area contributed by atoms with E-state index in [1.54, 1.807) is 11.9 Å². The van der Waals surface area contributed by atoms with E-state index in [1.165, 1.54) is 11.8 Å². The van der Waals surface area contributed by atoms with E-state index in [9.17, 15) is 13.2 Å². The Kier molecular flexibility index (Phi) is 5.90. The van der Waals surface area contributed by atoms with Gasteiger partial charge in [-0.25, -0.2) is 8.42 Å². The summed E-state index contributed by atoms with van der Waals surface area (Å²) in [5, 5.41) is 9.28. The molecule has 27 heavy (non-hydrogen) atoms. The average Bonchev–Trinajstić information content (AvgIpc) is 3.21. The summed E-state index contributed by atoms with van der Waals surface area (Å²) >= 11 is 1.34. The van der Waals surface area contributed by atoms with Crippen LogP contribution in [0, 0.1) is 6.92 Å². The highest BCUT2D eigenvalue weighted by atomic mass is 32.2. The number of thioether (sulfide) groups is 1. The maximum Gasteiger partial charge on any atom is 0.233 e. The first-order valence-electron chi connectivity index (χ1n) is 8.90. The van der Waals surface area contributed by atoms with Crippen molar-refractivity contribution in [1.29, 1.82) is 0 Å². The van der Waals surface area contributed by atoms with Crippen LogP contribution in [0.15, 0.2) is 29.4 Å². The number of benzene rings is 1. The molecule has 0 spiro atoms. The predicted octanol–water partition coefficient (Wildman–Crippen LogP) is 2.01. The second kappa shape index (κ2) is 8.02. The zero-order chi connectivity index (χ0) is 19.6. The summed E-state index contributed by atoms with van der Waals surface area (Å²) in [5.74, 6) is 1.12. The second-order valence-electron chi connectivity index (χ2n) is 6.72. The first-order chi connectivity index (χ1) is 12.8. The summed E-state index contributed by atoms with van der Waals surface area (Å²) in [6, 6.07) is 7.77. The second-order valence-corrected chi connectivity index (χ2v) is 9.89. The third-order valence-electron chi connectivity index (χ3n) is 4.89. The molecule has 0 N–H and O–H groups in total. The molecule has 1 saturated heterocycles. The maximum atomic E-state index is 12.5. The Bertz CT molecular complexity index is 940. The lowest BCUT2D eigenvalue weighted by molar-refractivity contribution is -0.128. The van der Waals surface area contributed by atoms with Crippen LogP contribution in [0.1, 0.15) is 18.9 Å². The van der Waals surface area contributed by atoms with Gasteiger partial charge in [-0.05, 0) is 25.8 Å². The Labute approximate surface area is 164 Å². The van der Waals surface area contributed by atoms with Crippen LogP contribution in [-0.2, 0) is 21.2 Å². The van der Waals surface area contributed by atoms with E-state index in [0.29, 0.717) is 18.1 Å². The van der Waals surface area contributed by atoms with E-state index >= 15 is 0 Å². The van der Waals surface area contributed by atoms with Crippen LogP contribution in [0.2, 0.25) is 0 Å². The van der Waals surface area contributed by atoms with Gasteiger partial charge < -0.3 is 9.47 Å². The number of nitrogens with zero attached hydrogens (tertiary/aromatic N) is 4. The van der Waals surface area contributed by atoms with Crippen LogP contribution in [0.3, 0.4) is 0 Å². The van der Waals surface area contributed by atoms with Crippen LogP contribution in [-0.4, -0.2) is 64.3 Å². The highest BCUT2D eigenvalue weighted by Crippen LogP contribution is 2.26. The van der Waals surface area contributed by atoms with Gasteiger partial charge in [-0.15, -0.1) is 10.2 Å². The van der Waals surface area contributed by atoms with Crippen molar-refractivity contribution >= 4 is 27.5 Å². The lowest BCUT2D eigenvalue weighted by Gasteiger charge is -2.23. The SMILES string of the molecule is CCn1c(SCC(=O)N(C)[C@@H]2CCS(=O)(=O)C2)nnc1-c1ccccc1C. The Hall–Kier alpha value is -1.87. The number of sulfone groups is 1. The highest BCUT2D eigenvalue weighted by molar-refractivity contribution is 7.99. The number of hydrogen-bond donors (Lipinski definition) is 0. The normalized spacial score (nSPS) is 18.6. The molecule has 1 aliphatic heterocycles. The van der Waals surface area contributed by atoms with Gasteiger partial charge in [0.15, 0.2) is 20.8 Å². The first kappa shape index (κ1) is 19.9. The molecule has 9 heteroatoms. The minimum Gasteiger partial charge on any atom is -0.341 e. The standard InChI is InChI=1S/C18H24N4O3S2/c1-4-22-17(15-8-6-5-7-13(15)2)19-20-18(22)26-11-16(23)21(3)14-9-10-27(24,25)12-14/h5-8,14H,4,9-12H2,1-3H3/t14-/m1/s1. The molecule has 1 aromatic heterocycles. The molecule has 0 saturated carbocycles. The number of rotatable bonds is 6. The lowest BCUT2D eigenvalue weighted by Crippen LogP contribution is -2.38. The predicted molar refractivity (Wildman–Crippen MR) is 106 cm³/mol. The van der Waals surface area contributed by atoms with Crippen molar-refractivity contribution in [2.45, 2.75) is 38.0 Å². The molecule has 0 unspecified atom stereocenters. The van der Waals surface area contributed by atoms with Crippen molar-refractivity contribution < 1.29 is 13.2 Å². The number of carbonyl (C=O) groups is 1. The minimum absolute atomic E-state index is 0.0580. The third kappa shape index (κ3) is 4.35. The summed E-state index contributed by atoms with van der Waals surface area (Å²) in [6.07, 6.45) is 0.512. The maximum absolute atomic E-state index is 12.5. The number of carbonyl (C=O) groups excluding carboxylic acids is 1. The number of aromatic nitrogens is 3. The Morgan fingerprint density at radius 3 is 2.70 bits per heavy atom. The molecule has 2 aromatic rings. The van der Waals surface area contributed by atoms with Gasteiger partial charge in [-0.2, -0.15) is 0 Å². The molecule has 0 aliphatic carbocycles. The average molecular weight is 409 g/mol. The van der Waals surface area contributed by atoms with Crippen LogP contribution in [0.25, 0.3) is 11.4 Å². The first-order valence-corrected chi connectivity index (χ1v) is 11.7. The highest BCUT2D eigenvalue weighted by Gasteiger charge is 2.32.